The zero-order chi connectivity index (χ0) is 15.6. The second-order valence-corrected chi connectivity index (χ2v) is 7.99. The van der Waals surface area contributed by atoms with E-state index in [1.807, 2.05) is 0 Å². The monoisotopic (exact) mass is 298 g/mol. The molecule has 1 heterocycles. The Morgan fingerprint density at radius 2 is 1.76 bits per heavy atom. The van der Waals surface area contributed by atoms with E-state index in [2.05, 4.69) is 27.7 Å². The van der Waals surface area contributed by atoms with Crippen LogP contribution in [0.1, 0.15) is 85.5 Å². The summed E-state index contributed by atoms with van der Waals surface area (Å²) in [5.41, 5.74) is 0.505. The second-order valence-electron chi connectivity index (χ2n) is 7.99. The first-order valence-corrected chi connectivity index (χ1v) is 9.20. The minimum absolute atomic E-state index is 0.416. The molecule has 2 unspecified atom stereocenters. The molecule has 0 bridgehead atoms. The maximum Gasteiger partial charge on any atom is 0.104 e. The molecule has 0 saturated carbocycles. The molecule has 1 saturated heterocycles. The lowest BCUT2D eigenvalue weighted by molar-refractivity contribution is 0.109. The summed E-state index contributed by atoms with van der Waals surface area (Å²) in [6.45, 7) is 12.0. The molecule has 21 heavy (non-hydrogen) atoms. The Morgan fingerprint density at radius 3 is 2.38 bits per heavy atom. The van der Waals surface area contributed by atoms with Crippen molar-refractivity contribution in [3.63, 3.8) is 0 Å². The molecule has 2 atom stereocenters. The van der Waals surface area contributed by atoms with Crippen LogP contribution in [0.5, 0.6) is 0 Å². The molecule has 1 rings (SSSR count). The van der Waals surface area contributed by atoms with Crippen LogP contribution in [-0.4, -0.2) is 25.9 Å². The molecule has 0 spiro atoms. The Bertz CT molecular complexity index is 240. The van der Waals surface area contributed by atoms with Gasteiger partial charge < -0.3 is 9.47 Å². The Labute approximate surface area is 133 Å². The van der Waals surface area contributed by atoms with Crippen LogP contribution in [0.2, 0.25) is 0 Å². The lowest BCUT2D eigenvalue weighted by Crippen LogP contribution is -2.07. The van der Waals surface area contributed by atoms with Crippen molar-refractivity contribution in [3.05, 3.63) is 0 Å². The van der Waals surface area contributed by atoms with Gasteiger partial charge in [0.25, 0.3) is 0 Å². The van der Waals surface area contributed by atoms with Crippen molar-refractivity contribution in [2.45, 2.75) is 91.6 Å². The predicted molar refractivity (Wildman–Crippen MR) is 90.7 cm³/mol. The molecule has 0 aliphatic carbocycles. The number of unbranched alkanes of at least 4 members (excludes halogenated alkanes) is 2. The van der Waals surface area contributed by atoms with Gasteiger partial charge in [-0.1, -0.05) is 66.2 Å². The van der Waals surface area contributed by atoms with Crippen molar-refractivity contribution in [3.8, 4) is 0 Å². The molecule has 1 aliphatic heterocycles. The first-order chi connectivity index (χ1) is 10.0. The first-order valence-electron chi connectivity index (χ1n) is 9.20. The minimum Gasteiger partial charge on any atom is -0.379 e. The summed E-state index contributed by atoms with van der Waals surface area (Å²) in [4.78, 5) is 0. The highest BCUT2D eigenvalue weighted by atomic mass is 16.6. The van der Waals surface area contributed by atoms with Crippen LogP contribution in [0.25, 0.3) is 0 Å². The summed E-state index contributed by atoms with van der Waals surface area (Å²) < 4.78 is 10.8. The Balaban J connectivity index is 1.97. The van der Waals surface area contributed by atoms with E-state index in [1.165, 1.54) is 57.8 Å². The van der Waals surface area contributed by atoms with E-state index < -0.39 is 0 Å². The first kappa shape index (κ1) is 19.0. The highest BCUT2D eigenvalue weighted by molar-refractivity contribution is 4.67. The smallest absolute Gasteiger partial charge is 0.104 e. The number of hydrogen-bond donors (Lipinski definition) is 0. The zero-order valence-corrected chi connectivity index (χ0v) is 15.0. The molecule has 1 fully saturated rings. The number of rotatable bonds is 13. The maximum atomic E-state index is 5.64. The van der Waals surface area contributed by atoms with E-state index in [4.69, 9.17) is 9.47 Å². The highest BCUT2D eigenvalue weighted by Crippen LogP contribution is 2.25. The van der Waals surface area contributed by atoms with E-state index in [0.717, 1.165) is 25.7 Å². The minimum atomic E-state index is 0.416. The molecule has 0 radical (unpaired) electrons. The fourth-order valence-corrected chi connectivity index (χ4v) is 2.96. The van der Waals surface area contributed by atoms with Crippen molar-refractivity contribution < 1.29 is 9.47 Å². The van der Waals surface area contributed by atoms with E-state index in [1.54, 1.807) is 0 Å². The number of ether oxygens (including phenoxy) is 2. The van der Waals surface area contributed by atoms with Gasteiger partial charge in [0.15, 0.2) is 0 Å². The summed E-state index contributed by atoms with van der Waals surface area (Å²) in [7, 11) is 0. The molecule has 0 aromatic heterocycles. The lowest BCUT2D eigenvalue weighted by atomic mass is 9.88. The van der Waals surface area contributed by atoms with E-state index in [0.29, 0.717) is 11.5 Å². The van der Waals surface area contributed by atoms with Gasteiger partial charge in [-0.3, -0.25) is 0 Å². The molecule has 0 aromatic carbocycles. The number of hydrogen-bond acceptors (Lipinski definition) is 2. The standard InChI is InChI=1S/C19H38O2/c1-5-10-17(11-7-6-8-13-19(2,3)4)12-9-14-20-15-18-16-21-18/h17-18H,5-16H2,1-4H3. The predicted octanol–water partition coefficient (Wildman–Crippen LogP) is 5.59. The quantitative estimate of drug-likeness (QED) is 0.326. The summed E-state index contributed by atoms with van der Waals surface area (Å²) >= 11 is 0. The van der Waals surface area contributed by atoms with Crippen LogP contribution in [0, 0.1) is 11.3 Å². The normalized spacial score (nSPS) is 19.7. The van der Waals surface area contributed by atoms with Crippen LogP contribution >= 0.6 is 0 Å². The topological polar surface area (TPSA) is 21.8 Å². The van der Waals surface area contributed by atoms with Gasteiger partial charge in [0.2, 0.25) is 0 Å². The summed E-state index contributed by atoms with van der Waals surface area (Å²) in [6, 6.07) is 0. The van der Waals surface area contributed by atoms with Gasteiger partial charge >= 0.3 is 0 Å². The van der Waals surface area contributed by atoms with E-state index in [-0.39, 0.29) is 0 Å². The van der Waals surface area contributed by atoms with Gasteiger partial charge in [0.1, 0.15) is 6.10 Å². The van der Waals surface area contributed by atoms with Crippen LogP contribution < -0.4 is 0 Å². The van der Waals surface area contributed by atoms with Crippen LogP contribution in [0.3, 0.4) is 0 Å². The third-order valence-corrected chi connectivity index (χ3v) is 4.34. The van der Waals surface area contributed by atoms with Gasteiger partial charge in [-0.05, 0) is 30.6 Å². The SMILES string of the molecule is CCCC(CCCCCC(C)(C)C)CCCOCC1CO1. The van der Waals surface area contributed by atoms with Crippen LogP contribution in [0.15, 0.2) is 0 Å². The largest absolute Gasteiger partial charge is 0.379 e. The van der Waals surface area contributed by atoms with Gasteiger partial charge in [-0.15, -0.1) is 0 Å². The van der Waals surface area contributed by atoms with Gasteiger partial charge in [0.05, 0.1) is 13.2 Å². The fourth-order valence-electron chi connectivity index (χ4n) is 2.96. The van der Waals surface area contributed by atoms with Gasteiger partial charge in [-0.25, -0.2) is 0 Å². The average Bonchev–Trinajstić information content (AvgIpc) is 3.20. The Hall–Kier alpha value is -0.0800. The molecule has 0 aromatic rings. The van der Waals surface area contributed by atoms with Gasteiger partial charge in [0, 0.05) is 6.61 Å². The molecule has 0 N–H and O–H groups in total. The summed E-state index contributed by atoms with van der Waals surface area (Å²) in [5.74, 6) is 0.922. The molecular weight excluding hydrogens is 260 g/mol. The van der Waals surface area contributed by atoms with Crippen molar-refractivity contribution in [1.82, 2.24) is 0 Å². The fraction of sp³-hybridized carbons (Fsp3) is 1.00. The maximum absolute atomic E-state index is 5.64. The number of epoxide rings is 1. The molecule has 2 nitrogen and oxygen atoms in total. The summed E-state index contributed by atoms with van der Waals surface area (Å²) in [5, 5.41) is 0. The lowest BCUT2D eigenvalue weighted by Gasteiger charge is -2.19. The van der Waals surface area contributed by atoms with Crippen molar-refractivity contribution in [2.24, 2.45) is 11.3 Å². The van der Waals surface area contributed by atoms with Crippen LogP contribution in [0.4, 0.5) is 0 Å². The highest BCUT2D eigenvalue weighted by Gasteiger charge is 2.22. The van der Waals surface area contributed by atoms with Crippen molar-refractivity contribution in [2.75, 3.05) is 19.8 Å². The summed E-state index contributed by atoms with van der Waals surface area (Å²) in [6.07, 6.45) is 12.7. The van der Waals surface area contributed by atoms with Crippen molar-refractivity contribution >= 4 is 0 Å². The Kier molecular flexibility index (Phi) is 9.59. The molecular formula is C19H38O2. The van der Waals surface area contributed by atoms with Crippen LogP contribution in [-0.2, 0) is 9.47 Å². The van der Waals surface area contributed by atoms with E-state index >= 15 is 0 Å². The van der Waals surface area contributed by atoms with Gasteiger partial charge in [-0.2, -0.15) is 0 Å². The second kappa shape index (κ2) is 10.6. The third kappa shape index (κ3) is 12.2. The zero-order valence-electron chi connectivity index (χ0n) is 15.0. The average molecular weight is 299 g/mol. The third-order valence-electron chi connectivity index (χ3n) is 4.34. The van der Waals surface area contributed by atoms with Crippen molar-refractivity contribution in [1.29, 1.82) is 0 Å². The Morgan fingerprint density at radius 1 is 1.05 bits per heavy atom. The van der Waals surface area contributed by atoms with E-state index in [9.17, 15) is 0 Å². The molecule has 2 heteroatoms. The molecule has 126 valence electrons. The molecule has 0 amide bonds. The molecule has 1 aliphatic rings.